The van der Waals surface area contributed by atoms with Gasteiger partial charge in [-0.1, -0.05) is 0 Å². The normalized spacial score (nSPS) is 17.6. The maximum absolute atomic E-state index is 12.1. The second-order valence-corrected chi connectivity index (χ2v) is 7.52. The highest BCUT2D eigenvalue weighted by Crippen LogP contribution is 2.28. The first-order valence-corrected chi connectivity index (χ1v) is 10.0. The number of fused-ring (bicyclic) bond motifs is 1. The molecule has 1 aliphatic carbocycles. The molecule has 2 amide bonds. The molecule has 150 valence electrons. The third-order valence-electron chi connectivity index (χ3n) is 5.12. The van der Waals surface area contributed by atoms with E-state index in [0.717, 1.165) is 68.2 Å². The summed E-state index contributed by atoms with van der Waals surface area (Å²) in [6.07, 6.45) is 3.02. The molecular weight excluding hydrogens is 358 g/mol. The molecule has 1 aromatic heterocycles. The number of aromatic nitrogens is 2. The van der Waals surface area contributed by atoms with Crippen molar-refractivity contribution < 1.29 is 14.3 Å². The monoisotopic (exact) mass is 385 g/mol. The number of carbonyl (C=O) groups is 2. The zero-order valence-electron chi connectivity index (χ0n) is 16.0. The van der Waals surface area contributed by atoms with E-state index in [1.165, 1.54) is 0 Å². The highest BCUT2D eigenvalue weighted by Gasteiger charge is 2.29. The van der Waals surface area contributed by atoms with Crippen molar-refractivity contribution in [3.05, 3.63) is 24.0 Å². The lowest BCUT2D eigenvalue weighted by Crippen LogP contribution is -2.35. The summed E-state index contributed by atoms with van der Waals surface area (Å²) >= 11 is 0. The topological polar surface area (TPSA) is 99.3 Å². The largest absolute Gasteiger partial charge is 0.379 e. The molecule has 1 aliphatic heterocycles. The fraction of sp³-hybridized carbons (Fsp3) is 0.550. The quantitative estimate of drug-likeness (QED) is 0.600. The molecule has 0 spiro atoms. The molecule has 0 radical (unpaired) electrons. The standard InChI is InChI=1S/C20H27N5O3/c26-19(2-1-7-21-20(27)14-3-4-14)22-15-5-6-16-17(12-15)24-18(23-16)13-25-8-10-28-11-9-25/h5-6,12,14H,1-4,7-11,13H2,(H,21,27)(H,22,26)(H,23,24). The number of aromatic amines is 1. The Morgan fingerprint density at radius 1 is 1.25 bits per heavy atom. The Labute approximate surface area is 164 Å². The second-order valence-electron chi connectivity index (χ2n) is 7.52. The van der Waals surface area contributed by atoms with E-state index in [-0.39, 0.29) is 17.7 Å². The molecule has 2 heterocycles. The number of ether oxygens (including phenoxy) is 1. The van der Waals surface area contributed by atoms with Crippen molar-refractivity contribution in [3.8, 4) is 0 Å². The number of imidazole rings is 1. The maximum atomic E-state index is 12.1. The molecule has 0 atom stereocenters. The van der Waals surface area contributed by atoms with Crippen molar-refractivity contribution in [2.75, 3.05) is 38.2 Å². The van der Waals surface area contributed by atoms with Crippen molar-refractivity contribution in [1.82, 2.24) is 20.2 Å². The van der Waals surface area contributed by atoms with Gasteiger partial charge in [0.25, 0.3) is 0 Å². The lowest BCUT2D eigenvalue weighted by molar-refractivity contribution is -0.122. The van der Waals surface area contributed by atoms with Crippen LogP contribution in [0.25, 0.3) is 11.0 Å². The Morgan fingerprint density at radius 2 is 2.07 bits per heavy atom. The molecule has 2 aromatic rings. The molecule has 2 fully saturated rings. The first kappa shape index (κ1) is 18.9. The molecule has 1 saturated heterocycles. The molecule has 28 heavy (non-hydrogen) atoms. The van der Waals surface area contributed by atoms with Crippen LogP contribution in [0.15, 0.2) is 18.2 Å². The van der Waals surface area contributed by atoms with Crippen molar-refractivity contribution >= 4 is 28.5 Å². The summed E-state index contributed by atoms with van der Waals surface area (Å²) in [6, 6.07) is 5.70. The lowest BCUT2D eigenvalue weighted by Gasteiger charge is -2.25. The summed E-state index contributed by atoms with van der Waals surface area (Å²) in [5, 5.41) is 5.80. The van der Waals surface area contributed by atoms with E-state index in [1.54, 1.807) is 0 Å². The molecular formula is C20H27N5O3. The summed E-state index contributed by atoms with van der Waals surface area (Å²) in [5.74, 6) is 1.21. The van der Waals surface area contributed by atoms with Crippen LogP contribution in [0.3, 0.4) is 0 Å². The van der Waals surface area contributed by atoms with Crippen LogP contribution in [0.5, 0.6) is 0 Å². The van der Waals surface area contributed by atoms with E-state index in [9.17, 15) is 9.59 Å². The number of amides is 2. The Hall–Kier alpha value is -2.45. The first-order valence-electron chi connectivity index (χ1n) is 10.0. The summed E-state index contributed by atoms with van der Waals surface area (Å²) < 4.78 is 5.38. The van der Waals surface area contributed by atoms with E-state index < -0.39 is 0 Å². The van der Waals surface area contributed by atoms with Crippen molar-refractivity contribution in [2.45, 2.75) is 32.2 Å². The number of carbonyl (C=O) groups excluding carboxylic acids is 2. The van der Waals surface area contributed by atoms with Gasteiger partial charge in [0.1, 0.15) is 5.82 Å². The zero-order valence-corrected chi connectivity index (χ0v) is 16.0. The van der Waals surface area contributed by atoms with E-state index in [2.05, 4.69) is 25.5 Å². The van der Waals surface area contributed by atoms with Crippen LogP contribution in [-0.2, 0) is 20.9 Å². The zero-order chi connectivity index (χ0) is 19.3. The molecule has 1 saturated carbocycles. The third kappa shape index (κ3) is 5.08. The molecule has 8 nitrogen and oxygen atoms in total. The average molecular weight is 385 g/mol. The van der Waals surface area contributed by atoms with Gasteiger partial charge in [-0.25, -0.2) is 4.98 Å². The van der Waals surface area contributed by atoms with E-state index in [0.29, 0.717) is 19.4 Å². The number of rotatable bonds is 8. The number of hydrogen-bond donors (Lipinski definition) is 3. The number of hydrogen-bond acceptors (Lipinski definition) is 5. The Bertz CT molecular complexity index is 839. The van der Waals surface area contributed by atoms with Gasteiger partial charge in [-0.3, -0.25) is 14.5 Å². The molecule has 0 unspecified atom stereocenters. The van der Waals surface area contributed by atoms with E-state index >= 15 is 0 Å². The fourth-order valence-electron chi connectivity index (χ4n) is 3.36. The Morgan fingerprint density at radius 3 is 2.86 bits per heavy atom. The lowest BCUT2D eigenvalue weighted by atomic mass is 10.2. The Kier molecular flexibility index (Phi) is 5.87. The third-order valence-corrected chi connectivity index (χ3v) is 5.12. The van der Waals surface area contributed by atoms with Crippen molar-refractivity contribution in [1.29, 1.82) is 0 Å². The molecule has 0 bridgehead atoms. The highest BCUT2D eigenvalue weighted by atomic mass is 16.5. The van der Waals surface area contributed by atoms with Gasteiger partial charge in [-0.2, -0.15) is 0 Å². The van der Waals surface area contributed by atoms with Crippen LogP contribution in [0.4, 0.5) is 5.69 Å². The number of morpholine rings is 1. The van der Waals surface area contributed by atoms with Crippen LogP contribution in [0.1, 0.15) is 31.5 Å². The van der Waals surface area contributed by atoms with Gasteiger partial charge in [0.2, 0.25) is 11.8 Å². The van der Waals surface area contributed by atoms with Crippen LogP contribution in [0, 0.1) is 5.92 Å². The van der Waals surface area contributed by atoms with Crippen LogP contribution >= 0.6 is 0 Å². The number of nitrogens with one attached hydrogen (secondary N) is 3. The van der Waals surface area contributed by atoms with Crippen molar-refractivity contribution in [2.24, 2.45) is 5.92 Å². The van der Waals surface area contributed by atoms with Crippen LogP contribution < -0.4 is 10.6 Å². The highest BCUT2D eigenvalue weighted by molar-refractivity contribution is 5.93. The number of H-pyrrole nitrogens is 1. The van der Waals surface area contributed by atoms with Gasteiger partial charge in [0.05, 0.1) is 30.8 Å². The summed E-state index contributed by atoms with van der Waals surface area (Å²) in [5.41, 5.74) is 2.56. The fourth-order valence-corrected chi connectivity index (χ4v) is 3.36. The van der Waals surface area contributed by atoms with Crippen molar-refractivity contribution in [3.63, 3.8) is 0 Å². The van der Waals surface area contributed by atoms with Gasteiger partial charge in [-0.05, 0) is 37.5 Å². The van der Waals surface area contributed by atoms with Gasteiger partial charge >= 0.3 is 0 Å². The minimum Gasteiger partial charge on any atom is -0.379 e. The predicted octanol–water partition coefficient (Wildman–Crippen LogP) is 1.64. The van der Waals surface area contributed by atoms with Gasteiger partial charge in [-0.15, -0.1) is 0 Å². The summed E-state index contributed by atoms with van der Waals surface area (Å²) in [4.78, 5) is 34.0. The minimum atomic E-state index is -0.0481. The van der Waals surface area contributed by atoms with E-state index in [1.807, 2.05) is 18.2 Å². The minimum absolute atomic E-state index is 0.0481. The maximum Gasteiger partial charge on any atom is 0.224 e. The smallest absolute Gasteiger partial charge is 0.224 e. The predicted molar refractivity (Wildman–Crippen MR) is 106 cm³/mol. The molecule has 8 heteroatoms. The van der Waals surface area contributed by atoms with Gasteiger partial charge < -0.3 is 20.4 Å². The number of benzene rings is 1. The average Bonchev–Trinajstić information content (AvgIpc) is 3.47. The molecule has 2 aliphatic rings. The molecule has 1 aromatic carbocycles. The number of nitrogens with zero attached hydrogens (tertiary/aromatic N) is 2. The second kappa shape index (κ2) is 8.70. The van der Waals surface area contributed by atoms with Gasteiger partial charge in [0.15, 0.2) is 0 Å². The molecule has 3 N–H and O–H groups in total. The molecule has 4 rings (SSSR count). The van der Waals surface area contributed by atoms with Crippen LogP contribution in [-0.4, -0.2) is 59.5 Å². The van der Waals surface area contributed by atoms with Crippen LogP contribution in [0.2, 0.25) is 0 Å². The Balaban J connectivity index is 1.26. The van der Waals surface area contributed by atoms with E-state index in [4.69, 9.17) is 4.74 Å². The first-order chi connectivity index (χ1) is 13.7. The SMILES string of the molecule is O=C(CCCNC(=O)C1CC1)Nc1ccc2nc(CN3CCOCC3)[nH]c2c1. The van der Waals surface area contributed by atoms with Gasteiger partial charge in [0, 0.05) is 37.7 Å². The summed E-state index contributed by atoms with van der Waals surface area (Å²) in [7, 11) is 0. The number of anilines is 1. The summed E-state index contributed by atoms with van der Waals surface area (Å²) in [6.45, 7) is 4.68.